The smallest absolute Gasteiger partial charge is 0.0452 e. The Labute approximate surface area is 118 Å². The third-order valence-corrected chi connectivity index (χ3v) is 4.46. The lowest BCUT2D eigenvalue weighted by atomic mass is 10.0. The van der Waals surface area contributed by atoms with Crippen molar-refractivity contribution in [2.75, 3.05) is 12.4 Å². The number of benzene rings is 1. The van der Waals surface area contributed by atoms with Crippen molar-refractivity contribution < 1.29 is 0 Å². The van der Waals surface area contributed by atoms with Crippen molar-refractivity contribution in [1.82, 2.24) is 4.90 Å². The van der Waals surface area contributed by atoms with E-state index in [1.165, 1.54) is 6.42 Å². The molecule has 0 aliphatic carbocycles. The Morgan fingerprint density at radius 1 is 1.35 bits per heavy atom. The molecular formula is C13H16Cl3N. The van der Waals surface area contributed by atoms with Crippen LogP contribution in [0.15, 0.2) is 18.2 Å². The van der Waals surface area contributed by atoms with Crippen LogP contribution in [0.1, 0.15) is 18.9 Å². The molecule has 0 amide bonds. The third-order valence-electron chi connectivity index (χ3n) is 3.54. The summed E-state index contributed by atoms with van der Waals surface area (Å²) < 4.78 is 0. The van der Waals surface area contributed by atoms with Crippen LogP contribution in [0.25, 0.3) is 0 Å². The molecule has 2 rings (SSSR count). The number of alkyl halides is 1. The summed E-state index contributed by atoms with van der Waals surface area (Å²) in [5, 5.41) is 1.52. The fourth-order valence-corrected chi connectivity index (χ4v) is 3.29. The van der Waals surface area contributed by atoms with Crippen LogP contribution in [0.4, 0.5) is 0 Å². The molecule has 1 fully saturated rings. The molecule has 1 saturated heterocycles. The number of likely N-dealkylation sites (tertiary alicyclic amines) is 1. The van der Waals surface area contributed by atoms with Crippen molar-refractivity contribution in [3.05, 3.63) is 33.8 Å². The minimum absolute atomic E-state index is 0.451. The van der Waals surface area contributed by atoms with Crippen LogP contribution in [0, 0.1) is 5.92 Å². The van der Waals surface area contributed by atoms with Gasteiger partial charge in [-0.25, -0.2) is 0 Å². The number of halogens is 3. The van der Waals surface area contributed by atoms with Gasteiger partial charge in [-0.05, 0) is 42.6 Å². The first-order valence-electron chi connectivity index (χ1n) is 5.85. The van der Waals surface area contributed by atoms with Gasteiger partial charge >= 0.3 is 0 Å². The Hall–Kier alpha value is 0.0500. The molecule has 17 heavy (non-hydrogen) atoms. The lowest BCUT2D eigenvalue weighted by Crippen LogP contribution is -2.33. The van der Waals surface area contributed by atoms with Crippen molar-refractivity contribution in [3.63, 3.8) is 0 Å². The Morgan fingerprint density at radius 2 is 2.12 bits per heavy atom. The van der Waals surface area contributed by atoms with Crippen LogP contribution in [-0.4, -0.2) is 23.4 Å². The summed E-state index contributed by atoms with van der Waals surface area (Å²) in [6, 6.07) is 6.07. The fourth-order valence-electron chi connectivity index (χ4n) is 2.42. The van der Waals surface area contributed by atoms with E-state index in [1.54, 1.807) is 0 Å². The molecule has 1 aromatic rings. The van der Waals surface area contributed by atoms with E-state index in [4.69, 9.17) is 34.8 Å². The van der Waals surface area contributed by atoms with E-state index in [0.717, 1.165) is 28.7 Å². The van der Waals surface area contributed by atoms with E-state index in [-0.39, 0.29) is 0 Å². The Balaban J connectivity index is 2.12. The maximum atomic E-state index is 6.18. The first-order valence-corrected chi connectivity index (χ1v) is 7.15. The minimum atomic E-state index is 0.451. The van der Waals surface area contributed by atoms with Gasteiger partial charge in [0.2, 0.25) is 0 Å². The quantitative estimate of drug-likeness (QED) is 0.744. The predicted molar refractivity (Wildman–Crippen MR) is 75.2 cm³/mol. The standard InChI is InChI=1S/C13H16Cl3N/c1-9-4-5-17(13(9)7-14)8-10-6-11(15)2-3-12(10)16/h2-3,6,9,13H,4-5,7-8H2,1H3. The third kappa shape index (κ3) is 3.08. The Bertz CT molecular complexity index is 394. The molecule has 0 radical (unpaired) electrons. The molecule has 1 aliphatic heterocycles. The van der Waals surface area contributed by atoms with Crippen molar-refractivity contribution in [2.24, 2.45) is 5.92 Å². The summed E-state index contributed by atoms with van der Waals surface area (Å²) in [5.74, 6) is 1.34. The summed E-state index contributed by atoms with van der Waals surface area (Å²) in [6.07, 6.45) is 1.20. The topological polar surface area (TPSA) is 3.24 Å². The highest BCUT2D eigenvalue weighted by atomic mass is 35.5. The number of hydrogen-bond acceptors (Lipinski definition) is 1. The molecule has 2 unspecified atom stereocenters. The second kappa shape index (κ2) is 5.79. The number of hydrogen-bond donors (Lipinski definition) is 0. The molecule has 0 aromatic heterocycles. The van der Waals surface area contributed by atoms with Gasteiger partial charge < -0.3 is 0 Å². The zero-order valence-corrected chi connectivity index (χ0v) is 12.1. The molecule has 0 N–H and O–H groups in total. The SMILES string of the molecule is CC1CCN(Cc2cc(Cl)ccc2Cl)C1CCl. The van der Waals surface area contributed by atoms with Gasteiger partial charge in [-0.15, -0.1) is 11.6 Å². The first-order chi connectivity index (χ1) is 8.11. The average Bonchev–Trinajstić information content (AvgIpc) is 2.64. The largest absolute Gasteiger partial charge is 0.295 e. The fraction of sp³-hybridized carbons (Fsp3) is 0.538. The molecular weight excluding hydrogens is 277 g/mol. The van der Waals surface area contributed by atoms with Crippen LogP contribution >= 0.6 is 34.8 Å². The molecule has 4 heteroatoms. The summed E-state index contributed by atoms with van der Waals surface area (Å²) in [7, 11) is 0. The highest BCUT2D eigenvalue weighted by Gasteiger charge is 2.30. The molecule has 0 bridgehead atoms. The first kappa shape index (κ1) is 13.5. The molecule has 0 spiro atoms. The highest BCUT2D eigenvalue weighted by Crippen LogP contribution is 2.29. The van der Waals surface area contributed by atoms with E-state index in [9.17, 15) is 0 Å². The van der Waals surface area contributed by atoms with Gasteiger partial charge in [-0.1, -0.05) is 30.1 Å². The van der Waals surface area contributed by atoms with Gasteiger partial charge in [0.25, 0.3) is 0 Å². The van der Waals surface area contributed by atoms with E-state index in [0.29, 0.717) is 17.8 Å². The lowest BCUT2D eigenvalue weighted by Gasteiger charge is -2.25. The van der Waals surface area contributed by atoms with Gasteiger partial charge in [0, 0.05) is 28.5 Å². The highest BCUT2D eigenvalue weighted by molar-refractivity contribution is 6.33. The van der Waals surface area contributed by atoms with Crippen LogP contribution in [0.2, 0.25) is 10.0 Å². The van der Waals surface area contributed by atoms with Crippen LogP contribution in [0.5, 0.6) is 0 Å². The Kier molecular flexibility index (Phi) is 4.59. The average molecular weight is 293 g/mol. The van der Waals surface area contributed by atoms with Crippen molar-refractivity contribution in [1.29, 1.82) is 0 Å². The van der Waals surface area contributed by atoms with Crippen LogP contribution in [-0.2, 0) is 6.54 Å². The molecule has 1 aromatic carbocycles. The predicted octanol–water partition coefficient (Wildman–Crippen LogP) is 4.44. The summed E-state index contributed by atoms with van der Waals surface area (Å²) >= 11 is 18.2. The van der Waals surface area contributed by atoms with E-state index < -0.39 is 0 Å². The maximum absolute atomic E-state index is 6.18. The Morgan fingerprint density at radius 3 is 2.82 bits per heavy atom. The van der Waals surface area contributed by atoms with Gasteiger partial charge in [-0.3, -0.25) is 4.90 Å². The second-order valence-corrected chi connectivity index (χ2v) is 5.85. The van der Waals surface area contributed by atoms with Gasteiger partial charge in [0.1, 0.15) is 0 Å². The monoisotopic (exact) mass is 291 g/mol. The van der Waals surface area contributed by atoms with E-state index in [2.05, 4.69) is 11.8 Å². The van der Waals surface area contributed by atoms with E-state index in [1.807, 2.05) is 18.2 Å². The minimum Gasteiger partial charge on any atom is -0.295 e. The van der Waals surface area contributed by atoms with Crippen LogP contribution < -0.4 is 0 Å². The molecule has 0 saturated carbocycles. The maximum Gasteiger partial charge on any atom is 0.0452 e. The molecule has 94 valence electrons. The zero-order chi connectivity index (χ0) is 12.4. The molecule has 1 heterocycles. The normalized spacial score (nSPS) is 25.4. The van der Waals surface area contributed by atoms with Crippen molar-refractivity contribution in [2.45, 2.75) is 25.9 Å². The zero-order valence-electron chi connectivity index (χ0n) is 9.80. The number of rotatable bonds is 3. The number of nitrogens with zero attached hydrogens (tertiary/aromatic N) is 1. The molecule has 2 atom stereocenters. The second-order valence-electron chi connectivity index (χ2n) is 4.69. The summed E-state index contributed by atoms with van der Waals surface area (Å²) in [6.45, 7) is 4.18. The van der Waals surface area contributed by atoms with E-state index >= 15 is 0 Å². The molecule has 1 nitrogen and oxygen atoms in total. The summed E-state index contributed by atoms with van der Waals surface area (Å²) in [4.78, 5) is 2.40. The van der Waals surface area contributed by atoms with Gasteiger partial charge in [-0.2, -0.15) is 0 Å². The van der Waals surface area contributed by atoms with Crippen molar-refractivity contribution >= 4 is 34.8 Å². The van der Waals surface area contributed by atoms with Crippen LogP contribution in [0.3, 0.4) is 0 Å². The van der Waals surface area contributed by atoms with Gasteiger partial charge in [0.15, 0.2) is 0 Å². The molecule has 1 aliphatic rings. The van der Waals surface area contributed by atoms with Gasteiger partial charge in [0.05, 0.1) is 0 Å². The summed E-state index contributed by atoms with van der Waals surface area (Å²) in [5.41, 5.74) is 1.09. The lowest BCUT2D eigenvalue weighted by molar-refractivity contribution is 0.242. The van der Waals surface area contributed by atoms with Crippen molar-refractivity contribution in [3.8, 4) is 0 Å².